The highest BCUT2D eigenvalue weighted by atomic mass is 79.9. The molecule has 8 rings (SSSR count). The number of rotatable bonds is 13. The van der Waals surface area contributed by atoms with Crippen molar-refractivity contribution in [2.24, 2.45) is 0 Å². The number of piperazine rings is 1. The molecule has 4 aliphatic rings. The van der Waals surface area contributed by atoms with Crippen molar-refractivity contribution in [1.82, 2.24) is 30.4 Å². The minimum absolute atomic E-state index is 0.103. The number of piperidine rings is 2. The second kappa shape index (κ2) is 19.3. The Hall–Kier alpha value is -5.74. The molecule has 61 heavy (non-hydrogen) atoms. The predicted octanol–water partition coefficient (Wildman–Crippen LogP) is 6.15. The topological polar surface area (TPSA) is 173 Å². The maximum atomic E-state index is 13.4. The SMILES string of the molecule is COc1cc(N2CCN(C(=O)CN3CCC(c4ccc(NC5CCC(=O)NC5=O)cc4)CC3)CC2)ccc1Nc1ncc(Br)c(Nc2ccccc2C(=O)NC2CCCC2)n1. The Morgan fingerprint density at radius 1 is 0.869 bits per heavy atom. The monoisotopic (exact) mass is 892 g/mol. The number of methoxy groups -OCH3 is 1. The Bertz CT molecular complexity index is 2220. The Labute approximate surface area is 364 Å². The summed E-state index contributed by atoms with van der Waals surface area (Å²) in [7, 11) is 1.63. The number of aromatic nitrogens is 2. The van der Waals surface area contributed by atoms with Crippen LogP contribution in [0.15, 0.2) is 77.4 Å². The lowest BCUT2D eigenvalue weighted by Crippen LogP contribution is -2.51. The van der Waals surface area contributed by atoms with E-state index in [0.717, 1.165) is 63.0 Å². The van der Waals surface area contributed by atoms with Crippen LogP contribution >= 0.6 is 15.9 Å². The van der Waals surface area contributed by atoms with E-state index in [1.165, 1.54) is 5.56 Å². The molecule has 1 saturated carbocycles. The van der Waals surface area contributed by atoms with Crippen LogP contribution in [0.1, 0.15) is 73.2 Å². The fraction of sp³-hybridized carbons (Fsp3) is 0.422. The highest BCUT2D eigenvalue weighted by Crippen LogP contribution is 2.34. The lowest BCUT2D eigenvalue weighted by molar-refractivity contribution is -0.134. The number of likely N-dealkylation sites (tertiary alicyclic amines) is 1. The number of benzene rings is 3. The van der Waals surface area contributed by atoms with Crippen molar-refractivity contribution in [3.63, 3.8) is 0 Å². The average molecular weight is 894 g/mol. The average Bonchev–Trinajstić information content (AvgIpc) is 3.80. The summed E-state index contributed by atoms with van der Waals surface area (Å²) in [5.41, 5.74) is 5.04. The molecular weight excluding hydrogens is 840 g/mol. The Kier molecular flexibility index (Phi) is 13.3. The lowest BCUT2D eigenvalue weighted by Gasteiger charge is -2.38. The molecule has 1 unspecified atom stereocenters. The maximum Gasteiger partial charge on any atom is 0.253 e. The van der Waals surface area contributed by atoms with Crippen LogP contribution < -0.4 is 36.2 Å². The number of hydrogen-bond donors (Lipinski definition) is 5. The molecule has 1 aromatic heterocycles. The van der Waals surface area contributed by atoms with Crippen LogP contribution in [-0.2, 0) is 14.4 Å². The molecule has 4 heterocycles. The molecule has 5 N–H and O–H groups in total. The first-order chi connectivity index (χ1) is 29.7. The second-order valence-corrected chi connectivity index (χ2v) is 17.1. The normalized spacial score (nSPS) is 19.0. The number of nitrogens with zero attached hydrogens (tertiary/aromatic N) is 5. The lowest BCUT2D eigenvalue weighted by atomic mass is 9.89. The largest absolute Gasteiger partial charge is 0.494 e. The van der Waals surface area contributed by atoms with Gasteiger partial charge in [0.1, 0.15) is 17.6 Å². The highest BCUT2D eigenvalue weighted by Gasteiger charge is 2.29. The summed E-state index contributed by atoms with van der Waals surface area (Å²) in [5, 5.41) is 15.4. The van der Waals surface area contributed by atoms with Gasteiger partial charge in [-0.2, -0.15) is 4.98 Å². The van der Waals surface area contributed by atoms with Crippen molar-refractivity contribution in [2.75, 3.05) is 73.8 Å². The van der Waals surface area contributed by atoms with Crippen LogP contribution in [0.25, 0.3) is 0 Å². The molecule has 3 aromatic carbocycles. The molecule has 3 saturated heterocycles. The van der Waals surface area contributed by atoms with Crippen LogP contribution in [0, 0.1) is 0 Å². The van der Waals surface area contributed by atoms with Gasteiger partial charge in [-0.25, -0.2) is 4.98 Å². The molecule has 4 aromatic rings. The van der Waals surface area contributed by atoms with Gasteiger partial charge in [0.2, 0.25) is 23.7 Å². The van der Waals surface area contributed by atoms with Crippen molar-refractivity contribution in [3.05, 3.63) is 88.5 Å². The van der Waals surface area contributed by atoms with Gasteiger partial charge in [-0.05, 0) is 109 Å². The summed E-state index contributed by atoms with van der Waals surface area (Å²) < 4.78 is 6.45. The Morgan fingerprint density at radius 2 is 1.62 bits per heavy atom. The van der Waals surface area contributed by atoms with Crippen LogP contribution in [-0.4, -0.2) is 108 Å². The predicted molar refractivity (Wildman–Crippen MR) is 239 cm³/mol. The smallest absolute Gasteiger partial charge is 0.253 e. The van der Waals surface area contributed by atoms with Crippen LogP contribution in [0.5, 0.6) is 5.75 Å². The highest BCUT2D eigenvalue weighted by molar-refractivity contribution is 9.10. The first kappa shape index (κ1) is 42.0. The fourth-order valence-corrected chi connectivity index (χ4v) is 8.97. The van der Waals surface area contributed by atoms with Gasteiger partial charge in [0.15, 0.2) is 0 Å². The Morgan fingerprint density at radius 3 is 2.36 bits per heavy atom. The third-order valence-corrected chi connectivity index (χ3v) is 12.8. The second-order valence-electron chi connectivity index (χ2n) is 16.2. The summed E-state index contributed by atoms with van der Waals surface area (Å²) in [6.45, 7) is 4.86. The molecule has 1 aliphatic carbocycles. The molecule has 4 fully saturated rings. The molecule has 15 nitrogen and oxygen atoms in total. The van der Waals surface area contributed by atoms with Gasteiger partial charge >= 0.3 is 0 Å². The van der Waals surface area contributed by atoms with Crippen LogP contribution in [0.2, 0.25) is 0 Å². The quantitative estimate of drug-likeness (QED) is 0.0971. The first-order valence-corrected chi connectivity index (χ1v) is 22.1. The number of ether oxygens (including phenoxy) is 1. The van der Waals surface area contributed by atoms with E-state index in [-0.39, 0.29) is 29.7 Å². The number of hydrogen-bond acceptors (Lipinski definition) is 12. The van der Waals surface area contributed by atoms with Crippen molar-refractivity contribution in [3.8, 4) is 5.75 Å². The van der Waals surface area contributed by atoms with E-state index in [0.29, 0.717) is 90.4 Å². The maximum absolute atomic E-state index is 13.4. The molecule has 3 aliphatic heterocycles. The zero-order valence-corrected chi connectivity index (χ0v) is 36.0. The minimum Gasteiger partial charge on any atom is -0.494 e. The van der Waals surface area contributed by atoms with Crippen molar-refractivity contribution < 1.29 is 23.9 Å². The van der Waals surface area contributed by atoms with Crippen molar-refractivity contribution >= 4 is 74.1 Å². The van der Waals surface area contributed by atoms with Gasteiger partial charge in [0.25, 0.3) is 5.91 Å². The third-order valence-electron chi connectivity index (χ3n) is 12.2. The molecular formula is C45H53BrN10O5. The number of halogens is 1. The third kappa shape index (κ3) is 10.4. The zero-order valence-electron chi connectivity index (χ0n) is 34.4. The molecule has 0 radical (unpaired) electrons. The number of anilines is 6. The summed E-state index contributed by atoms with van der Waals surface area (Å²) in [6, 6.07) is 21.4. The number of nitrogens with one attached hydrogen (secondary N) is 5. The van der Waals surface area contributed by atoms with E-state index in [1.807, 2.05) is 59.5 Å². The van der Waals surface area contributed by atoms with Crippen LogP contribution in [0.4, 0.5) is 34.5 Å². The summed E-state index contributed by atoms with van der Waals surface area (Å²) in [4.78, 5) is 65.9. The molecule has 0 spiro atoms. The van der Waals surface area contributed by atoms with E-state index < -0.39 is 6.04 Å². The number of para-hydroxylation sites is 1. The summed E-state index contributed by atoms with van der Waals surface area (Å²) >= 11 is 3.56. The fourth-order valence-electron chi connectivity index (χ4n) is 8.68. The van der Waals surface area contributed by atoms with Gasteiger partial charge in [-0.15, -0.1) is 0 Å². The first-order valence-electron chi connectivity index (χ1n) is 21.3. The summed E-state index contributed by atoms with van der Waals surface area (Å²) in [6.07, 6.45) is 8.76. The van der Waals surface area contributed by atoms with Crippen LogP contribution in [0.3, 0.4) is 0 Å². The Balaban J connectivity index is 0.804. The van der Waals surface area contributed by atoms with Crippen molar-refractivity contribution in [1.29, 1.82) is 0 Å². The standard InChI is InChI=1S/C45H53BrN10O5/c1-61-39-26-33(14-15-37(39)51-45-47-27-35(46)42(53-45)50-36-9-5-4-8-34(36)43(59)49-31-6-2-3-7-31)55-22-24-56(25-23-55)41(58)28-54-20-18-30(19-21-54)29-10-12-32(13-11-29)48-38-16-17-40(57)52-44(38)60/h4-5,8-15,26-27,30-31,38,48H,2-3,6-7,16-25,28H2,1H3,(H,49,59)(H,52,57,60)(H2,47,50,51,53). The van der Waals surface area contributed by atoms with E-state index in [1.54, 1.807) is 13.3 Å². The number of imide groups is 1. The van der Waals surface area contributed by atoms with Gasteiger partial charge < -0.3 is 35.8 Å². The van der Waals surface area contributed by atoms with Gasteiger partial charge in [-0.1, -0.05) is 37.1 Å². The number of carbonyl (C=O) groups excluding carboxylic acids is 4. The van der Waals surface area contributed by atoms with E-state index in [2.05, 4.69) is 69.4 Å². The summed E-state index contributed by atoms with van der Waals surface area (Å²) in [5.74, 6) is 1.49. The molecule has 0 bridgehead atoms. The molecule has 320 valence electrons. The zero-order chi connectivity index (χ0) is 42.3. The minimum atomic E-state index is -0.400. The van der Waals surface area contributed by atoms with E-state index in [4.69, 9.17) is 9.72 Å². The van der Waals surface area contributed by atoms with Gasteiger partial charge in [0, 0.05) is 62.3 Å². The number of carbonyl (C=O) groups is 4. The van der Waals surface area contributed by atoms with Gasteiger partial charge in [-0.3, -0.25) is 29.4 Å². The van der Waals surface area contributed by atoms with Gasteiger partial charge in [0.05, 0.1) is 35.1 Å². The molecule has 16 heteroatoms. The number of amides is 4. The van der Waals surface area contributed by atoms with Crippen molar-refractivity contribution in [2.45, 2.75) is 69.4 Å². The molecule has 1 atom stereocenters. The van der Waals surface area contributed by atoms with E-state index in [9.17, 15) is 19.2 Å². The molecule has 4 amide bonds. The van der Waals surface area contributed by atoms with E-state index >= 15 is 0 Å².